The standard InChI is InChI=1S/C19H28F3N3O2.HI/c1-23-18(24-10-3-12-26-14-17-4-2-13-27-17)25-11-9-15-5-7-16(8-6-15)19(20,21)22;/h5-8,17H,2-4,9-14H2,1H3,(H2,23,24,25);1H. The predicted molar refractivity (Wildman–Crippen MR) is 114 cm³/mol. The van der Waals surface area contributed by atoms with Gasteiger partial charge in [0.15, 0.2) is 5.96 Å². The number of guanidine groups is 1. The van der Waals surface area contributed by atoms with Crippen LogP contribution in [0.15, 0.2) is 29.3 Å². The van der Waals surface area contributed by atoms with Gasteiger partial charge in [-0.15, -0.1) is 24.0 Å². The lowest BCUT2D eigenvalue weighted by Gasteiger charge is -2.13. The zero-order chi connectivity index (χ0) is 19.5. The molecule has 0 aliphatic carbocycles. The first-order valence-corrected chi connectivity index (χ1v) is 9.29. The Balaban J connectivity index is 0.00000392. The molecule has 1 heterocycles. The fourth-order valence-corrected chi connectivity index (χ4v) is 2.78. The fourth-order valence-electron chi connectivity index (χ4n) is 2.78. The Morgan fingerprint density at radius 3 is 2.54 bits per heavy atom. The SMILES string of the molecule is CN=C(NCCCOCC1CCCO1)NCCc1ccc(C(F)(F)F)cc1.I. The Labute approximate surface area is 181 Å². The molecule has 9 heteroatoms. The molecule has 1 unspecified atom stereocenters. The number of halogens is 4. The van der Waals surface area contributed by atoms with Crippen LogP contribution in [0.1, 0.15) is 30.4 Å². The summed E-state index contributed by atoms with van der Waals surface area (Å²) in [5, 5.41) is 6.35. The third-order valence-electron chi connectivity index (χ3n) is 4.30. The number of hydrogen-bond donors (Lipinski definition) is 2. The van der Waals surface area contributed by atoms with Crippen LogP contribution in [-0.4, -0.2) is 52.0 Å². The van der Waals surface area contributed by atoms with Crippen LogP contribution in [0.4, 0.5) is 13.2 Å². The molecular weight excluding hydrogens is 486 g/mol. The molecule has 2 N–H and O–H groups in total. The average Bonchev–Trinajstić information content (AvgIpc) is 3.16. The highest BCUT2D eigenvalue weighted by Gasteiger charge is 2.29. The summed E-state index contributed by atoms with van der Waals surface area (Å²) in [5.74, 6) is 0.668. The first-order valence-electron chi connectivity index (χ1n) is 9.29. The summed E-state index contributed by atoms with van der Waals surface area (Å²) in [5.41, 5.74) is 0.215. The number of nitrogens with one attached hydrogen (secondary N) is 2. The second-order valence-electron chi connectivity index (χ2n) is 6.43. The normalized spacial score (nSPS) is 17.3. The van der Waals surface area contributed by atoms with Crippen LogP contribution in [0.5, 0.6) is 0 Å². The quantitative estimate of drug-likeness (QED) is 0.229. The van der Waals surface area contributed by atoms with Crippen molar-refractivity contribution < 1.29 is 22.6 Å². The number of benzene rings is 1. The Morgan fingerprint density at radius 2 is 1.93 bits per heavy atom. The smallest absolute Gasteiger partial charge is 0.379 e. The summed E-state index contributed by atoms with van der Waals surface area (Å²) in [6, 6.07) is 5.23. The molecule has 0 spiro atoms. The molecule has 0 amide bonds. The van der Waals surface area contributed by atoms with Crippen molar-refractivity contribution in [3.05, 3.63) is 35.4 Å². The molecular formula is C19H29F3IN3O2. The summed E-state index contributed by atoms with van der Waals surface area (Å²) >= 11 is 0. The van der Waals surface area contributed by atoms with Gasteiger partial charge in [0.1, 0.15) is 0 Å². The van der Waals surface area contributed by atoms with E-state index in [1.54, 1.807) is 7.05 Å². The van der Waals surface area contributed by atoms with Gasteiger partial charge in [-0.1, -0.05) is 12.1 Å². The lowest BCUT2D eigenvalue weighted by molar-refractivity contribution is -0.137. The Morgan fingerprint density at radius 1 is 1.21 bits per heavy atom. The molecule has 0 radical (unpaired) electrons. The van der Waals surface area contributed by atoms with E-state index in [-0.39, 0.29) is 30.1 Å². The topological polar surface area (TPSA) is 54.9 Å². The van der Waals surface area contributed by atoms with Crippen molar-refractivity contribution in [2.45, 2.75) is 38.0 Å². The van der Waals surface area contributed by atoms with Crippen molar-refractivity contribution in [2.24, 2.45) is 4.99 Å². The van der Waals surface area contributed by atoms with Gasteiger partial charge in [-0.05, 0) is 43.4 Å². The lowest BCUT2D eigenvalue weighted by Crippen LogP contribution is -2.39. The number of alkyl halides is 3. The molecule has 1 atom stereocenters. The van der Waals surface area contributed by atoms with Crippen LogP contribution in [0, 0.1) is 0 Å². The van der Waals surface area contributed by atoms with Crippen molar-refractivity contribution >= 4 is 29.9 Å². The molecule has 1 fully saturated rings. The fraction of sp³-hybridized carbons (Fsp3) is 0.632. The van der Waals surface area contributed by atoms with E-state index in [1.165, 1.54) is 12.1 Å². The number of hydrogen-bond acceptors (Lipinski definition) is 3. The zero-order valence-corrected chi connectivity index (χ0v) is 18.4. The van der Waals surface area contributed by atoms with E-state index >= 15 is 0 Å². The third-order valence-corrected chi connectivity index (χ3v) is 4.30. The average molecular weight is 515 g/mol. The van der Waals surface area contributed by atoms with Gasteiger partial charge in [0.05, 0.1) is 18.3 Å². The number of nitrogens with zero attached hydrogens (tertiary/aromatic N) is 1. The Hall–Kier alpha value is -1.07. The molecule has 0 aromatic heterocycles. The minimum absolute atomic E-state index is 0. The molecule has 0 saturated carbocycles. The predicted octanol–water partition coefficient (Wildman–Crippen LogP) is 3.62. The van der Waals surface area contributed by atoms with Crippen LogP contribution in [-0.2, 0) is 22.1 Å². The van der Waals surface area contributed by atoms with Crippen LogP contribution >= 0.6 is 24.0 Å². The minimum Gasteiger partial charge on any atom is -0.379 e. The first-order chi connectivity index (χ1) is 13.0. The van der Waals surface area contributed by atoms with Gasteiger partial charge < -0.3 is 20.1 Å². The molecule has 1 aliphatic rings. The Bertz CT molecular complexity index is 577. The summed E-state index contributed by atoms with van der Waals surface area (Å²) in [4.78, 5) is 4.13. The van der Waals surface area contributed by atoms with E-state index in [0.717, 1.165) is 50.1 Å². The summed E-state index contributed by atoms with van der Waals surface area (Å²) < 4.78 is 48.7. The van der Waals surface area contributed by atoms with Gasteiger partial charge in [0.25, 0.3) is 0 Å². The maximum absolute atomic E-state index is 12.5. The lowest BCUT2D eigenvalue weighted by atomic mass is 10.1. The molecule has 5 nitrogen and oxygen atoms in total. The molecule has 1 aromatic rings. The van der Waals surface area contributed by atoms with Crippen molar-refractivity contribution in [1.29, 1.82) is 0 Å². The van der Waals surface area contributed by atoms with Crippen molar-refractivity contribution in [3.8, 4) is 0 Å². The molecule has 160 valence electrons. The van der Waals surface area contributed by atoms with Gasteiger partial charge in [-0.2, -0.15) is 13.2 Å². The largest absolute Gasteiger partial charge is 0.416 e. The van der Waals surface area contributed by atoms with Crippen LogP contribution in [0.2, 0.25) is 0 Å². The maximum atomic E-state index is 12.5. The van der Waals surface area contributed by atoms with E-state index in [9.17, 15) is 13.2 Å². The second kappa shape index (κ2) is 13.2. The molecule has 1 aliphatic heterocycles. The molecule has 1 aromatic carbocycles. The van der Waals surface area contributed by atoms with E-state index in [4.69, 9.17) is 9.47 Å². The highest BCUT2D eigenvalue weighted by Crippen LogP contribution is 2.29. The van der Waals surface area contributed by atoms with Crippen molar-refractivity contribution in [2.75, 3.05) is 40.0 Å². The minimum atomic E-state index is -4.30. The van der Waals surface area contributed by atoms with Gasteiger partial charge >= 0.3 is 6.18 Å². The van der Waals surface area contributed by atoms with E-state index in [0.29, 0.717) is 32.1 Å². The highest BCUT2D eigenvalue weighted by molar-refractivity contribution is 14.0. The molecule has 2 rings (SSSR count). The highest BCUT2D eigenvalue weighted by atomic mass is 127. The van der Waals surface area contributed by atoms with Crippen molar-refractivity contribution in [1.82, 2.24) is 10.6 Å². The number of rotatable bonds is 9. The van der Waals surface area contributed by atoms with Gasteiger partial charge in [-0.3, -0.25) is 4.99 Å². The number of aliphatic imine (C=N–C) groups is 1. The van der Waals surface area contributed by atoms with E-state index < -0.39 is 11.7 Å². The van der Waals surface area contributed by atoms with Crippen molar-refractivity contribution in [3.63, 3.8) is 0 Å². The van der Waals surface area contributed by atoms with Crippen LogP contribution < -0.4 is 10.6 Å². The van der Waals surface area contributed by atoms with Gasteiger partial charge in [0, 0.05) is 33.4 Å². The van der Waals surface area contributed by atoms with E-state index in [2.05, 4.69) is 15.6 Å². The maximum Gasteiger partial charge on any atom is 0.416 e. The van der Waals surface area contributed by atoms with Crippen LogP contribution in [0.25, 0.3) is 0 Å². The van der Waals surface area contributed by atoms with Gasteiger partial charge in [-0.25, -0.2) is 0 Å². The zero-order valence-electron chi connectivity index (χ0n) is 16.1. The Kier molecular flexibility index (Phi) is 11.8. The molecule has 0 bridgehead atoms. The summed E-state index contributed by atoms with van der Waals surface area (Å²) in [6.07, 6.45) is -0.387. The van der Waals surface area contributed by atoms with E-state index in [1.807, 2.05) is 0 Å². The monoisotopic (exact) mass is 515 g/mol. The second-order valence-corrected chi connectivity index (χ2v) is 6.43. The summed E-state index contributed by atoms with van der Waals surface area (Å²) in [7, 11) is 1.68. The molecule has 1 saturated heterocycles. The number of ether oxygens (including phenoxy) is 2. The third kappa shape index (κ3) is 9.42. The van der Waals surface area contributed by atoms with Crippen LogP contribution in [0.3, 0.4) is 0 Å². The first kappa shape index (κ1) is 25.0. The van der Waals surface area contributed by atoms with Gasteiger partial charge in [0.2, 0.25) is 0 Å². The summed E-state index contributed by atoms with van der Waals surface area (Å²) in [6.45, 7) is 3.46. The molecule has 28 heavy (non-hydrogen) atoms.